The van der Waals surface area contributed by atoms with Crippen LogP contribution in [0.1, 0.15) is 10.4 Å². The zero-order valence-corrected chi connectivity index (χ0v) is 10.8. The van der Waals surface area contributed by atoms with Gasteiger partial charge in [0.05, 0.1) is 0 Å². The smallest absolute Gasteiger partial charge is 0.150 e. The molecule has 0 heterocycles. The molecule has 0 saturated carbocycles. The summed E-state index contributed by atoms with van der Waals surface area (Å²) in [5.74, 6) is 0.398. The molecule has 4 heteroatoms. The summed E-state index contributed by atoms with van der Waals surface area (Å²) in [5.41, 5.74) is 1.23. The molecule has 2 rings (SSSR count). The number of halogens is 1. The average molecular weight is 259 g/mol. The number of carbonyl (C=O) groups is 1. The SMILES string of the molecule is CN(C)c1cccc(Oc2cc(F)cc(C=O)c2)c1. The van der Waals surface area contributed by atoms with Crippen LogP contribution in [0.25, 0.3) is 0 Å². The van der Waals surface area contributed by atoms with E-state index >= 15 is 0 Å². The highest BCUT2D eigenvalue weighted by atomic mass is 19.1. The summed E-state index contributed by atoms with van der Waals surface area (Å²) in [6.45, 7) is 0. The van der Waals surface area contributed by atoms with Crippen LogP contribution in [-0.4, -0.2) is 20.4 Å². The van der Waals surface area contributed by atoms with Gasteiger partial charge in [-0.1, -0.05) is 6.07 Å². The van der Waals surface area contributed by atoms with Crippen molar-refractivity contribution < 1.29 is 13.9 Å². The quantitative estimate of drug-likeness (QED) is 0.787. The Morgan fingerprint density at radius 2 is 1.89 bits per heavy atom. The molecule has 2 aromatic rings. The third kappa shape index (κ3) is 3.31. The number of nitrogens with zero attached hydrogens (tertiary/aromatic N) is 1. The second kappa shape index (κ2) is 5.52. The third-order valence-electron chi connectivity index (χ3n) is 2.60. The van der Waals surface area contributed by atoms with Crippen LogP contribution in [0.2, 0.25) is 0 Å². The maximum atomic E-state index is 13.3. The van der Waals surface area contributed by atoms with Gasteiger partial charge in [0.2, 0.25) is 0 Å². The lowest BCUT2D eigenvalue weighted by atomic mass is 10.2. The molecule has 0 spiro atoms. The topological polar surface area (TPSA) is 29.5 Å². The zero-order valence-electron chi connectivity index (χ0n) is 10.8. The van der Waals surface area contributed by atoms with Crippen LogP contribution in [0.5, 0.6) is 11.5 Å². The van der Waals surface area contributed by atoms with E-state index in [-0.39, 0.29) is 5.56 Å². The molecule has 0 aliphatic carbocycles. The highest BCUT2D eigenvalue weighted by Crippen LogP contribution is 2.26. The molecule has 0 unspecified atom stereocenters. The fourth-order valence-corrected chi connectivity index (χ4v) is 1.67. The molecule has 0 aliphatic rings. The van der Waals surface area contributed by atoms with Gasteiger partial charge in [-0.25, -0.2) is 4.39 Å². The normalized spacial score (nSPS) is 10.1. The Balaban J connectivity index is 2.28. The summed E-state index contributed by atoms with van der Waals surface area (Å²) >= 11 is 0. The number of hydrogen-bond donors (Lipinski definition) is 0. The Morgan fingerprint density at radius 1 is 1.11 bits per heavy atom. The lowest BCUT2D eigenvalue weighted by Gasteiger charge is -2.14. The predicted octanol–water partition coefficient (Wildman–Crippen LogP) is 3.50. The number of hydrogen-bond acceptors (Lipinski definition) is 3. The monoisotopic (exact) mass is 259 g/mol. The van der Waals surface area contributed by atoms with E-state index in [0.29, 0.717) is 17.8 Å². The van der Waals surface area contributed by atoms with Crippen molar-refractivity contribution >= 4 is 12.0 Å². The second-order valence-electron chi connectivity index (χ2n) is 4.33. The van der Waals surface area contributed by atoms with Gasteiger partial charge in [0.25, 0.3) is 0 Å². The van der Waals surface area contributed by atoms with Gasteiger partial charge in [0.1, 0.15) is 23.6 Å². The first-order chi connectivity index (χ1) is 9.08. The number of carbonyl (C=O) groups excluding carboxylic acids is 1. The molecule has 0 atom stereocenters. The largest absolute Gasteiger partial charge is 0.457 e. The minimum atomic E-state index is -0.497. The van der Waals surface area contributed by atoms with Crippen LogP contribution in [0.4, 0.5) is 10.1 Å². The van der Waals surface area contributed by atoms with Gasteiger partial charge in [0.15, 0.2) is 0 Å². The maximum Gasteiger partial charge on any atom is 0.150 e. The summed E-state index contributed by atoms with van der Waals surface area (Å²) < 4.78 is 18.8. The molecule has 3 nitrogen and oxygen atoms in total. The van der Waals surface area contributed by atoms with Gasteiger partial charge in [-0.05, 0) is 24.3 Å². The van der Waals surface area contributed by atoms with Gasteiger partial charge in [-0.3, -0.25) is 4.79 Å². The second-order valence-corrected chi connectivity index (χ2v) is 4.33. The van der Waals surface area contributed by atoms with Gasteiger partial charge in [-0.15, -0.1) is 0 Å². The minimum Gasteiger partial charge on any atom is -0.457 e. The Labute approximate surface area is 111 Å². The third-order valence-corrected chi connectivity index (χ3v) is 2.60. The Kier molecular flexibility index (Phi) is 3.80. The molecule has 0 radical (unpaired) electrons. The molecule has 19 heavy (non-hydrogen) atoms. The molecule has 0 aromatic heterocycles. The van der Waals surface area contributed by atoms with E-state index in [1.54, 1.807) is 6.07 Å². The van der Waals surface area contributed by atoms with Crippen LogP contribution in [0.3, 0.4) is 0 Å². The number of rotatable bonds is 4. The number of ether oxygens (including phenoxy) is 1. The molecular weight excluding hydrogens is 245 g/mol. The predicted molar refractivity (Wildman–Crippen MR) is 72.6 cm³/mol. The molecule has 2 aromatic carbocycles. The Bertz CT molecular complexity index is 596. The van der Waals surface area contributed by atoms with Crippen molar-refractivity contribution in [2.75, 3.05) is 19.0 Å². The Morgan fingerprint density at radius 3 is 2.58 bits per heavy atom. The molecule has 0 fully saturated rings. The molecule has 0 amide bonds. The fraction of sp³-hybridized carbons (Fsp3) is 0.133. The van der Waals surface area contributed by atoms with Crippen LogP contribution < -0.4 is 9.64 Å². The Hall–Kier alpha value is -2.36. The van der Waals surface area contributed by atoms with E-state index in [9.17, 15) is 9.18 Å². The number of anilines is 1. The summed E-state index contributed by atoms with van der Waals surface area (Å²) in [5, 5.41) is 0. The standard InChI is InChI=1S/C15H14FNO2/c1-17(2)13-4-3-5-14(9-13)19-15-7-11(10-18)6-12(16)8-15/h3-10H,1-2H3. The van der Waals surface area contributed by atoms with Crippen molar-refractivity contribution in [1.82, 2.24) is 0 Å². The van der Waals surface area contributed by atoms with E-state index in [1.165, 1.54) is 12.1 Å². The molecule has 0 saturated heterocycles. The molecule has 0 bridgehead atoms. The van der Waals surface area contributed by atoms with Crippen molar-refractivity contribution in [1.29, 1.82) is 0 Å². The van der Waals surface area contributed by atoms with E-state index in [1.807, 2.05) is 37.2 Å². The van der Waals surface area contributed by atoms with Crippen LogP contribution in [-0.2, 0) is 0 Å². The lowest BCUT2D eigenvalue weighted by Crippen LogP contribution is -2.08. The summed E-state index contributed by atoms with van der Waals surface area (Å²) in [6, 6.07) is 11.3. The first-order valence-electron chi connectivity index (χ1n) is 5.79. The first-order valence-corrected chi connectivity index (χ1v) is 5.79. The fourth-order valence-electron chi connectivity index (χ4n) is 1.67. The first kappa shape index (κ1) is 13.1. The molecule has 0 aliphatic heterocycles. The van der Waals surface area contributed by atoms with E-state index in [4.69, 9.17) is 4.74 Å². The summed E-state index contributed by atoms with van der Waals surface area (Å²) in [7, 11) is 3.84. The molecule has 98 valence electrons. The van der Waals surface area contributed by atoms with Crippen molar-refractivity contribution in [3.8, 4) is 11.5 Å². The van der Waals surface area contributed by atoms with Crippen LogP contribution in [0.15, 0.2) is 42.5 Å². The van der Waals surface area contributed by atoms with Crippen molar-refractivity contribution in [2.24, 2.45) is 0 Å². The number of benzene rings is 2. The molecular formula is C15H14FNO2. The van der Waals surface area contributed by atoms with Crippen molar-refractivity contribution in [3.63, 3.8) is 0 Å². The van der Waals surface area contributed by atoms with Gasteiger partial charge >= 0.3 is 0 Å². The summed E-state index contributed by atoms with van der Waals surface area (Å²) in [4.78, 5) is 12.6. The number of aldehydes is 1. The van der Waals surface area contributed by atoms with Gasteiger partial charge in [-0.2, -0.15) is 0 Å². The van der Waals surface area contributed by atoms with E-state index in [2.05, 4.69) is 0 Å². The van der Waals surface area contributed by atoms with Crippen molar-refractivity contribution in [3.05, 3.63) is 53.8 Å². The minimum absolute atomic E-state index is 0.249. The van der Waals surface area contributed by atoms with E-state index in [0.717, 1.165) is 11.8 Å². The highest BCUT2D eigenvalue weighted by Gasteiger charge is 2.04. The van der Waals surface area contributed by atoms with E-state index < -0.39 is 5.82 Å². The lowest BCUT2D eigenvalue weighted by molar-refractivity contribution is 0.112. The highest BCUT2D eigenvalue weighted by molar-refractivity contribution is 5.75. The summed E-state index contributed by atoms with van der Waals surface area (Å²) in [6.07, 6.45) is 0.589. The van der Waals surface area contributed by atoms with Gasteiger partial charge < -0.3 is 9.64 Å². The van der Waals surface area contributed by atoms with Crippen LogP contribution in [0, 0.1) is 5.82 Å². The maximum absolute atomic E-state index is 13.3. The van der Waals surface area contributed by atoms with Crippen molar-refractivity contribution in [2.45, 2.75) is 0 Å². The average Bonchev–Trinajstić information content (AvgIpc) is 2.38. The van der Waals surface area contributed by atoms with Gasteiger partial charge in [0, 0.05) is 37.5 Å². The zero-order chi connectivity index (χ0) is 13.8. The van der Waals surface area contributed by atoms with Crippen LogP contribution >= 0.6 is 0 Å². The molecule has 0 N–H and O–H groups in total.